The molecule has 1 atom stereocenters. The number of unbranched alkanes of at least 4 members (excludes halogenated alkanes) is 3. The number of hydrogen-bond donors (Lipinski definition) is 7. The number of primary amides is 1. The lowest BCUT2D eigenvalue weighted by molar-refractivity contribution is -0.105. The molecule has 288 valence electrons. The summed E-state index contributed by atoms with van der Waals surface area (Å²) in [6.45, 7) is 3.10. The average molecular weight is 769 g/mol. The maximum Gasteiger partial charge on any atom is 0.252 e. The first-order valence-electron chi connectivity index (χ1n) is 17.6. The number of pyridine rings is 1. The molecule has 3 amide bonds. The van der Waals surface area contributed by atoms with Gasteiger partial charge in [-0.2, -0.15) is 0 Å². The van der Waals surface area contributed by atoms with Gasteiger partial charge in [0.25, 0.3) is 11.8 Å². The summed E-state index contributed by atoms with van der Waals surface area (Å²) in [6, 6.07) is 20.3. The van der Waals surface area contributed by atoms with Crippen molar-refractivity contribution >= 4 is 56.0 Å². The number of hydrogen-bond acceptors (Lipinski definition) is 11. The molecule has 0 unspecified atom stereocenters. The minimum Gasteiger partial charge on any atom is -0.506 e. The Morgan fingerprint density at radius 3 is 2.45 bits per heavy atom. The Morgan fingerprint density at radius 2 is 1.71 bits per heavy atom. The number of sulfone groups is 1. The second-order valence-corrected chi connectivity index (χ2v) is 14.8. The maximum absolute atomic E-state index is 14.0. The first-order chi connectivity index (χ1) is 26.4. The Kier molecular flexibility index (Phi) is 13.4. The van der Waals surface area contributed by atoms with Crippen molar-refractivity contribution in [2.45, 2.75) is 48.5 Å². The molecule has 0 saturated carbocycles. The van der Waals surface area contributed by atoms with Crippen molar-refractivity contribution in [1.29, 1.82) is 0 Å². The van der Waals surface area contributed by atoms with Crippen molar-refractivity contribution in [3.05, 3.63) is 107 Å². The summed E-state index contributed by atoms with van der Waals surface area (Å²) in [7, 11) is -2.60. The van der Waals surface area contributed by atoms with Gasteiger partial charge in [0.15, 0.2) is 0 Å². The number of ether oxygens (including phenoxy) is 1. The third-order valence-electron chi connectivity index (χ3n) is 8.98. The zero-order chi connectivity index (χ0) is 39.5. The lowest BCUT2D eigenvalue weighted by atomic mass is 10.1. The molecule has 0 fully saturated rings. The molecular formula is C40H44N6O8S. The van der Waals surface area contributed by atoms with E-state index in [0.717, 1.165) is 25.7 Å². The monoisotopic (exact) mass is 768 g/mol. The number of carbonyl (C=O) groups excluding carboxylic acids is 3. The molecule has 5 aromatic rings. The number of amides is 3. The van der Waals surface area contributed by atoms with Gasteiger partial charge in [0.1, 0.15) is 11.5 Å². The number of fused-ring (bicyclic) bond motifs is 1. The highest BCUT2D eigenvalue weighted by Crippen LogP contribution is 2.35. The van der Waals surface area contributed by atoms with E-state index in [-0.39, 0.29) is 32.4 Å². The second kappa shape index (κ2) is 18.3. The number of aliphatic hydroxyl groups is 1. The molecule has 0 spiro atoms. The summed E-state index contributed by atoms with van der Waals surface area (Å²) >= 11 is 0. The first-order valence-corrected chi connectivity index (χ1v) is 19.1. The standard InChI is InChI=1S/C40H44N6O8S/c1-25-17-31(21-32-37(25)44-22-33(39(41)50)38(32)46-28-10-8-11-29(20-28)54-2)55(52,53)30-12-7-9-27(18-30)40(51)43-16-6-4-3-5-15-42-23-36(49)26-13-14-35(48)34(19-26)45-24-47/h7-14,17-22,24,36,42,48-49H,3-6,15-16,23H2,1-2H3,(H2,41,50)(H,43,51)(H,44,46)(H,45,47)/t36-/m0/s1. The van der Waals surface area contributed by atoms with Crippen molar-refractivity contribution in [3.8, 4) is 11.5 Å². The molecule has 4 aromatic carbocycles. The number of nitrogens with two attached hydrogens (primary N) is 1. The molecule has 0 aliphatic heterocycles. The third kappa shape index (κ3) is 9.94. The van der Waals surface area contributed by atoms with E-state index in [9.17, 15) is 33.0 Å². The number of aryl methyl sites for hydroxylation is 1. The quantitative estimate of drug-likeness (QED) is 0.0332. The molecule has 0 radical (unpaired) electrons. The molecule has 14 nitrogen and oxygen atoms in total. The number of carbonyl (C=O) groups is 3. The van der Waals surface area contributed by atoms with E-state index in [1.54, 1.807) is 43.3 Å². The number of rotatable bonds is 19. The van der Waals surface area contributed by atoms with Crippen LogP contribution in [0.2, 0.25) is 0 Å². The number of nitrogens with one attached hydrogen (secondary N) is 4. The van der Waals surface area contributed by atoms with Crippen LogP contribution in [0.4, 0.5) is 17.1 Å². The molecule has 0 saturated heterocycles. The lowest BCUT2D eigenvalue weighted by Crippen LogP contribution is -2.25. The average Bonchev–Trinajstić information content (AvgIpc) is 3.18. The number of anilines is 3. The zero-order valence-electron chi connectivity index (χ0n) is 30.5. The predicted molar refractivity (Wildman–Crippen MR) is 210 cm³/mol. The molecule has 5 rings (SSSR count). The van der Waals surface area contributed by atoms with E-state index >= 15 is 0 Å². The van der Waals surface area contributed by atoms with Crippen molar-refractivity contribution in [3.63, 3.8) is 0 Å². The van der Waals surface area contributed by atoms with Crippen LogP contribution >= 0.6 is 0 Å². The van der Waals surface area contributed by atoms with Gasteiger partial charge in [-0.3, -0.25) is 19.4 Å². The Morgan fingerprint density at radius 1 is 0.945 bits per heavy atom. The fourth-order valence-electron chi connectivity index (χ4n) is 6.04. The SMILES string of the molecule is COc1cccc(Nc2c(C(N)=O)cnc3c(C)cc(S(=O)(=O)c4cccc(C(=O)NCCCCCCNC[C@H](O)c5ccc(O)c(NC=O)c5)c4)cc23)c1. The summed E-state index contributed by atoms with van der Waals surface area (Å²) in [6.07, 6.45) is 4.29. The minimum absolute atomic E-state index is 0.0439. The van der Waals surface area contributed by atoms with Crippen LogP contribution in [0, 0.1) is 6.92 Å². The molecule has 0 aliphatic carbocycles. The van der Waals surface area contributed by atoms with Crippen LogP contribution < -0.4 is 31.7 Å². The number of aromatic nitrogens is 1. The molecule has 55 heavy (non-hydrogen) atoms. The fourth-order valence-corrected chi connectivity index (χ4v) is 7.46. The van der Waals surface area contributed by atoms with Gasteiger partial charge in [0.05, 0.1) is 45.5 Å². The predicted octanol–water partition coefficient (Wildman–Crippen LogP) is 5.11. The second-order valence-electron chi connectivity index (χ2n) is 12.9. The summed E-state index contributed by atoms with van der Waals surface area (Å²) in [4.78, 5) is 40.5. The van der Waals surface area contributed by atoms with Gasteiger partial charge >= 0.3 is 0 Å². The highest BCUT2D eigenvalue weighted by molar-refractivity contribution is 7.91. The van der Waals surface area contributed by atoms with Gasteiger partial charge in [-0.15, -0.1) is 0 Å². The molecule has 1 aromatic heterocycles. The molecule has 0 aliphatic rings. The number of aliphatic hydroxyl groups excluding tert-OH is 1. The Labute approximate surface area is 319 Å². The topological polar surface area (TPSA) is 222 Å². The Bertz CT molecular complexity index is 2300. The Hall–Kier alpha value is -6.03. The van der Waals surface area contributed by atoms with E-state index in [1.165, 1.54) is 55.8 Å². The van der Waals surface area contributed by atoms with Crippen LogP contribution in [-0.4, -0.2) is 68.6 Å². The van der Waals surface area contributed by atoms with E-state index < -0.39 is 27.8 Å². The number of benzene rings is 4. The van der Waals surface area contributed by atoms with Crippen LogP contribution in [0.3, 0.4) is 0 Å². The van der Waals surface area contributed by atoms with Gasteiger partial charge in [-0.05, 0) is 92.0 Å². The number of aromatic hydroxyl groups is 1. The lowest BCUT2D eigenvalue weighted by Gasteiger charge is -2.16. The van der Waals surface area contributed by atoms with E-state index in [0.29, 0.717) is 65.2 Å². The van der Waals surface area contributed by atoms with Crippen LogP contribution in [0.5, 0.6) is 11.5 Å². The summed E-state index contributed by atoms with van der Waals surface area (Å²) in [5.41, 5.74) is 8.67. The van der Waals surface area contributed by atoms with Crippen LogP contribution in [0.1, 0.15) is 63.6 Å². The van der Waals surface area contributed by atoms with E-state index in [2.05, 4.69) is 26.3 Å². The van der Waals surface area contributed by atoms with Gasteiger partial charge in [0, 0.05) is 42.0 Å². The molecular weight excluding hydrogens is 725 g/mol. The molecule has 1 heterocycles. The van der Waals surface area contributed by atoms with Crippen molar-refractivity contribution in [1.82, 2.24) is 15.6 Å². The van der Waals surface area contributed by atoms with E-state index in [4.69, 9.17) is 10.5 Å². The number of phenols is 1. The van der Waals surface area contributed by atoms with Gasteiger partial charge in [-0.1, -0.05) is 31.0 Å². The smallest absolute Gasteiger partial charge is 0.252 e. The summed E-state index contributed by atoms with van der Waals surface area (Å²) in [5, 5.41) is 32.2. The largest absolute Gasteiger partial charge is 0.506 e. The zero-order valence-corrected chi connectivity index (χ0v) is 31.3. The highest BCUT2D eigenvalue weighted by atomic mass is 32.2. The summed E-state index contributed by atoms with van der Waals surface area (Å²) in [5.74, 6) is -0.657. The summed E-state index contributed by atoms with van der Waals surface area (Å²) < 4.78 is 33.4. The van der Waals surface area contributed by atoms with Crippen molar-refractivity contribution in [2.24, 2.45) is 5.73 Å². The molecule has 0 bridgehead atoms. The number of nitrogens with zero attached hydrogens (tertiary/aromatic N) is 1. The van der Waals surface area contributed by atoms with Gasteiger partial charge in [-0.25, -0.2) is 8.42 Å². The molecule has 8 N–H and O–H groups in total. The number of phenolic OH excluding ortho intramolecular Hbond substituents is 1. The third-order valence-corrected chi connectivity index (χ3v) is 10.7. The first kappa shape index (κ1) is 40.2. The molecule has 15 heteroatoms. The van der Waals surface area contributed by atoms with Gasteiger partial charge < -0.3 is 42.0 Å². The Balaban J connectivity index is 1.18. The van der Waals surface area contributed by atoms with Crippen LogP contribution in [-0.2, 0) is 14.6 Å². The fraction of sp³-hybridized carbons (Fsp3) is 0.250. The minimum atomic E-state index is -4.13. The highest BCUT2D eigenvalue weighted by Gasteiger charge is 2.23. The van der Waals surface area contributed by atoms with Crippen LogP contribution in [0.15, 0.2) is 94.9 Å². The van der Waals surface area contributed by atoms with Crippen LogP contribution in [0.25, 0.3) is 10.9 Å². The van der Waals surface area contributed by atoms with Crippen molar-refractivity contribution in [2.75, 3.05) is 37.4 Å². The normalized spacial score (nSPS) is 11.8. The maximum atomic E-state index is 14.0. The van der Waals surface area contributed by atoms with Crippen molar-refractivity contribution < 1.29 is 37.8 Å². The van der Waals surface area contributed by atoms with Gasteiger partial charge in [0.2, 0.25) is 16.2 Å². The number of methoxy groups -OCH3 is 1. The van der Waals surface area contributed by atoms with E-state index in [1.807, 2.05) is 0 Å².